The number of hydrogen-bond donors (Lipinski definition) is 1. The maximum Gasteiger partial charge on any atom is 0.347 e. The molecule has 0 saturated heterocycles. The highest BCUT2D eigenvalue weighted by Gasteiger charge is 2.01. The minimum atomic E-state index is -0.259. The van der Waals surface area contributed by atoms with Gasteiger partial charge in [-0.05, 0) is 0 Å². The van der Waals surface area contributed by atoms with Crippen LogP contribution >= 0.6 is 0 Å². The van der Waals surface area contributed by atoms with Crippen molar-refractivity contribution in [2.24, 2.45) is 7.05 Å². The molecule has 2 aromatic rings. The van der Waals surface area contributed by atoms with Gasteiger partial charge in [0.15, 0.2) is 0 Å². The number of aromatic nitrogens is 3. The standard InChI is InChI=1S/C9H10N4O/c1-10-8-3-7-6(4-11-8)5-12-9(14)13(7)2/h3-5H,1-2H3,(H,10,11). The molecular formula is C9H10N4O. The van der Waals surface area contributed by atoms with Crippen LogP contribution in [-0.4, -0.2) is 21.6 Å². The van der Waals surface area contributed by atoms with Gasteiger partial charge in [-0.1, -0.05) is 0 Å². The predicted molar refractivity (Wildman–Crippen MR) is 54.3 cm³/mol. The molecule has 2 aromatic heterocycles. The summed E-state index contributed by atoms with van der Waals surface area (Å²) < 4.78 is 1.50. The largest absolute Gasteiger partial charge is 0.373 e. The summed E-state index contributed by atoms with van der Waals surface area (Å²) in [4.78, 5) is 19.1. The molecule has 0 saturated carbocycles. The minimum Gasteiger partial charge on any atom is -0.373 e. The molecule has 0 aliphatic carbocycles. The van der Waals surface area contributed by atoms with Crippen LogP contribution in [0.2, 0.25) is 0 Å². The highest BCUT2D eigenvalue weighted by Crippen LogP contribution is 2.12. The molecule has 0 radical (unpaired) electrons. The average molecular weight is 190 g/mol. The van der Waals surface area contributed by atoms with Crippen LogP contribution < -0.4 is 11.0 Å². The second-order valence-electron chi connectivity index (χ2n) is 2.98. The quantitative estimate of drug-likeness (QED) is 0.705. The van der Waals surface area contributed by atoms with Gasteiger partial charge in [0, 0.05) is 37.9 Å². The molecule has 2 heterocycles. The first-order valence-electron chi connectivity index (χ1n) is 4.22. The third-order valence-corrected chi connectivity index (χ3v) is 2.13. The molecule has 0 fully saturated rings. The van der Waals surface area contributed by atoms with Crippen LogP contribution in [0.15, 0.2) is 23.3 Å². The van der Waals surface area contributed by atoms with Crippen molar-refractivity contribution in [3.63, 3.8) is 0 Å². The van der Waals surface area contributed by atoms with Crippen LogP contribution in [0.3, 0.4) is 0 Å². The maximum atomic E-state index is 11.2. The second kappa shape index (κ2) is 3.10. The van der Waals surface area contributed by atoms with Crippen molar-refractivity contribution >= 4 is 16.7 Å². The molecule has 5 nitrogen and oxygen atoms in total. The second-order valence-corrected chi connectivity index (χ2v) is 2.98. The molecule has 14 heavy (non-hydrogen) atoms. The molecule has 0 aromatic carbocycles. The van der Waals surface area contributed by atoms with Crippen molar-refractivity contribution in [3.8, 4) is 0 Å². The van der Waals surface area contributed by atoms with Crippen LogP contribution in [0.25, 0.3) is 10.9 Å². The summed E-state index contributed by atoms with van der Waals surface area (Å²) in [5.41, 5.74) is 0.565. The van der Waals surface area contributed by atoms with Gasteiger partial charge in [-0.3, -0.25) is 4.57 Å². The van der Waals surface area contributed by atoms with Gasteiger partial charge in [0.05, 0.1) is 5.52 Å². The average Bonchev–Trinajstić information content (AvgIpc) is 2.23. The van der Waals surface area contributed by atoms with Gasteiger partial charge in [-0.15, -0.1) is 0 Å². The Balaban J connectivity index is 2.84. The summed E-state index contributed by atoms with van der Waals surface area (Å²) in [6, 6.07) is 1.82. The van der Waals surface area contributed by atoms with Crippen molar-refractivity contribution in [1.82, 2.24) is 14.5 Å². The summed E-state index contributed by atoms with van der Waals surface area (Å²) in [7, 11) is 3.48. The molecule has 0 unspecified atom stereocenters. The van der Waals surface area contributed by atoms with E-state index in [-0.39, 0.29) is 5.69 Å². The van der Waals surface area contributed by atoms with Crippen molar-refractivity contribution in [2.45, 2.75) is 0 Å². The molecule has 0 spiro atoms. The lowest BCUT2D eigenvalue weighted by molar-refractivity contribution is 0.851. The fourth-order valence-electron chi connectivity index (χ4n) is 1.30. The zero-order valence-electron chi connectivity index (χ0n) is 7.98. The van der Waals surface area contributed by atoms with Crippen molar-refractivity contribution in [3.05, 3.63) is 28.9 Å². The van der Waals surface area contributed by atoms with E-state index in [0.29, 0.717) is 0 Å². The Morgan fingerprint density at radius 1 is 1.36 bits per heavy atom. The number of nitrogens with zero attached hydrogens (tertiary/aromatic N) is 3. The number of pyridine rings is 1. The van der Waals surface area contributed by atoms with E-state index in [9.17, 15) is 4.79 Å². The van der Waals surface area contributed by atoms with E-state index in [1.165, 1.54) is 10.8 Å². The first-order valence-corrected chi connectivity index (χ1v) is 4.22. The Morgan fingerprint density at radius 2 is 2.07 bits per heavy atom. The van der Waals surface area contributed by atoms with Gasteiger partial charge in [0.25, 0.3) is 0 Å². The van der Waals surface area contributed by atoms with Gasteiger partial charge in [0.1, 0.15) is 5.82 Å². The molecule has 72 valence electrons. The molecule has 5 heteroatoms. The summed E-state index contributed by atoms with van der Waals surface area (Å²) in [5, 5.41) is 3.77. The van der Waals surface area contributed by atoms with E-state index >= 15 is 0 Å². The molecular weight excluding hydrogens is 180 g/mol. The number of nitrogens with one attached hydrogen (secondary N) is 1. The lowest BCUT2D eigenvalue weighted by Gasteiger charge is -2.04. The van der Waals surface area contributed by atoms with E-state index in [1.807, 2.05) is 6.07 Å². The van der Waals surface area contributed by atoms with Crippen LogP contribution in [0.4, 0.5) is 5.82 Å². The molecule has 2 rings (SSSR count). The number of aryl methyl sites for hydroxylation is 1. The van der Waals surface area contributed by atoms with Crippen LogP contribution in [0.5, 0.6) is 0 Å². The Hall–Kier alpha value is -1.91. The Kier molecular flexibility index (Phi) is 1.92. The van der Waals surface area contributed by atoms with Gasteiger partial charge >= 0.3 is 5.69 Å². The lowest BCUT2D eigenvalue weighted by atomic mass is 10.3. The Bertz CT molecular complexity index is 532. The summed E-state index contributed by atoms with van der Waals surface area (Å²) in [5.74, 6) is 0.735. The Morgan fingerprint density at radius 3 is 2.79 bits per heavy atom. The first-order chi connectivity index (χ1) is 6.72. The lowest BCUT2D eigenvalue weighted by Crippen LogP contribution is -2.19. The van der Waals surface area contributed by atoms with Crippen molar-refractivity contribution in [2.75, 3.05) is 12.4 Å². The Labute approximate surface area is 80.4 Å². The van der Waals surface area contributed by atoms with Gasteiger partial charge in [-0.25, -0.2) is 14.8 Å². The molecule has 1 N–H and O–H groups in total. The van der Waals surface area contributed by atoms with E-state index in [1.54, 1.807) is 20.3 Å². The van der Waals surface area contributed by atoms with Gasteiger partial charge in [-0.2, -0.15) is 0 Å². The number of fused-ring (bicyclic) bond motifs is 1. The van der Waals surface area contributed by atoms with E-state index in [2.05, 4.69) is 15.3 Å². The zero-order chi connectivity index (χ0) is 10.1. The van der Waals surface area contributed by atoms with E-state index in [4.69, 9.17) is 0 Å². The smallest absolute Gasteiger partial charge is 0.347 e. The van der Waals surface area contributed by atoms with Crippen LogP contribution in [-0.2, 0) is 7.05 Å². The molecule has 0 bridgehead atoms. The normalized spacial score (nSPS) is 10.4. The van der Waals surface area contributed by atoms with Crippen LogP contribution in [0, 0.1) is 0 Å². The summed E-state index contributed by atoms with van der Waals surface area (Å²) in [6.45, 7) is 0. The number of rotatable bonds is 1. The van der Waals surface area contributed by atoms with E-state index < -0.39 is 0 Å². The summed E-state index contributed by atoms with van der Waals surface area (Å²) in [6.07, 6.45) is 3.22. The third kappa shape index (κ3) is 1.22. The highest BCUT2D eigenvalue weighted by molar-refractivity contribution is 5.79. The number of hydrogen-bond acceptors (Lipinski definition) is 4. The molecule has 0 aliphatic rings. The third-order valence-electron chi connectivity index (χ3n) is 2.13. The van der Waals surface area contributed by atoms with E-state index in [0.717, 1.165) is 16.7 Å². The van der Waals surface area contributed by atoms with Crippen molar-refractivity contribution in [1.29, 1.82) is 0 Å². The van der Waals surface area contributed by atoms with Gasteiger partial charge in [0.2, 0.25) is 0 Å². The fraction of sp³-hybridized carbons (Fsp3) is 0.222. The molecule has 0 amide bonds. The zero-order valence-corrected chi connectivity index (χ0v) is 7.98. The monoisotopic (exact) mass is 190 g/mol. The molecule has 0 aliphatic heterocycles. The van der Waals surface area contributed by atoms with Crippen molar-refractivity contribution < 1.29 is 0 Å². The SMILES string of the molecule is CNc1cc2c(cn1)cnc(=O)n2C. The van der Waals surface area contributed by atoms with Crippen LogP contribution in [0.1, 0.15) is 0 Å². The maximum absolute atomic E-state index is 11.2. The minimum absolute atomic E-state index is 0.259. The predicted octanol–water partition coefficient (Wildman–Crippen LogP) is 0.370. The summed E-state index contributed by atoms with van der Waals surface area (Å²) >= 11 is 0. The fourth-order valence-corrected chi connectivity index (χ4v) is 1.30. The number of anilines is 1. The first kappa shape index (κ1) is 8.68. The molecule has 0 atom stereocenters. The van der Waals surface area contributed by atoms with Gasteiger partial charge < -0.3 is 5.32 Å². The highest BCUT2D eigenvalue weighted by atomic mass is 16.1. The topological polar surface area (TPSA) is 59.8 Å².